The van der Waals surface area contributed by atoms with Crippen molar-refractivity contribution in [3.8, 4) is 28.7 Å². The number of halogens is 1. The lowest BCUT2D eigenvalue weighted by Crippen LogP contribution is -2.19. The SMILES string of the molecule is COc1ccc(C)cc1NC(=O)Nc1ccc(Cn2cnc(-c3nc(-c4ccc(Cl)cc4)no3)c2)cc1. The number of imidazole rings is 1. The van der Waals surface area contributed by atoms with E-state index in [2.05, 4.69) is 25.8 Å². The monoisotopic (exact) mass is 514 g/mol. The highest BCUT2D eigenvalue weighted by Gasteiger charge is 2.13. The number of amides is 2. The number of hydrogen-bond donors (Lipinski definition) is 2. The molecule has 186 valence electrons. The number of carbonyl (C=O) groups is 1. The highest BCUT2D eigenvalue weighted by molar-refractivity contribution is 6.30. The van der Waals surface area contributed by atoms with E-state index in [-0.39, 0.29) is 6.03 Å². The van der Waals surface area contributed by atoms with Crippen LogP contribution < -0.4 is 15.4 Å². The summed E-state index contributed by atoms with van der Waals surface area (Å²) in [6.07, 6.45) is 3.55. The van der Waals surface area contributed by atoms with Crippen molar-refractivity contribution < 1.29 is 14.1 Å². The van der Waals surface area contributed by atoms with Crippen LogP contribution in [0.25, 0.3) is 23.0 Å². The number of hydrogen-bond acceptors (Lipinski definition) is 6. The predicted octanol–water partition coefficient (Wildman–Crippen LogP) is 6.26. The normalized spacial score (nSPS) is 10.8. The molecule has 0 bridgehead atoms. The Labute approximate surface area is 218 Å². The van der Waals surface area contributed by atoms with E-state index in [1.807, 2.05) is 72.3 Å². The first-order valence-corrected chi connectivity index (χ1v) is 11.8. The standard InChI is InChI=1S/C27H23ClN6O3/c1-17-3-12-24(36-2)22(13-17)31-27(35)30-21-10-4-18(5-11-21)14-34-15-23(29-16-34)26-32-25(33-37-26)19-6-8-20(28)9-7-19/h3-13,15-16H,14H2,1-2H3,(H2,30,31,35). The highest BCUT2D eigenvalue weighted by Crippen LogP contribution is 2.26. The minimum Gasteiger partial charge on any atom is -0.495 e. The largest absolute Gasteiger partial charge is 0.495 e. The average Bonchev–Trinajstić information content (AvgIpc) is 3.56. The molecule has 2 N–H and O–H groups in total. The summed E-state index contributed by atoms with van der Waals surface area (Å²) >= 11 is 5.94. The molecule has 3 aromatic carbocycles. The molecule has 0 unspecified atom stereocenters. The molecular formula is C27H23ClN6O3. The van der Waals surface area contributed by atoms with Crippen molar-refractivity contribution >= 4 is 29.0 Å². The van der Waals surface area contributed by atoms with Gasteiger partial charge in [0.15, 0.2) is 0 Å². The smallest absolute Gasteiger partial charge is 0.323 e. The fourth-order valence-corrected chi connectivity index (χ4v) is 3.84. The summed E-state index contributed by atoms with van der Waals surface area (Å²) in [6.45, 7) is 2.53. The van der Waals surface area contributed by atoms with Crippen LogP contribution in [0, 0.1) is 6.92 Å². The molecule has 5 aromatic rings. The van der Waals surface area contributed by atoms with Gasteiger partial charge in [-0.2, -0.15) is 4.98 Å². The lowest BCUT2D eigenvalue weighted by atomic mass is 10.2. The van der Waals surface area contributed by atoms with Gasteiger partial charge >= 0.3 is 6.03 Å². The van der Waals surface area contributed by atoms with E-state index in [1.165, 1.54) is 0 Å². The number of nitrogens with one attached hydrogen (secondary N) is 2. The van der Waals surface area contributed by atoms with Gasteiger partial charge in [0, 0.05) is 29.0 Å². The number of methoxy groups -OCH3 is 1. The van der Waals surface area contributed by atoms with E-state index in [0.29, 0.717) is 46.1 Å². The molecular weight excluding hydrogens is 492 g/mol. The van der Waals surface area contributed by atoms with Gasteiger partial charge in [-0.05, 0) is 66.6 Å². The number of ether oxygens (including phenoxy) is 1. The van der Waals surface area contributed by atoms with E-state index >= 15 is 0 Å². The molecule has 0 saturated carbocycles. The number of aryl methyl sites for hydroxylation is 1. The molecule has 0 saturated heterocycles. The third kappa shape index (κ3) is 5.79. The van der Waals surface area contributed by atoms with Crippen molar-refractivity contribution in [2.24, 2.45) is 0 Å². The van der Waals surface area contributed by atoms with Crippen molar-refractivity contribution in [2.75, 3.05) is 17.7 Å². The Morgan fingerprint density at radius 3 is 2.59 bits per heavy atom. The molecule has 37 heavy (non-hydrogen) atoms. The van der Waals surface area contributed by atoms with Crippen LogP contribution in [-0.2, 0) is 6.54 Å². The first-order valence-electron chi connectivity index (χ1n) is 11.4. The van der Waals surface area contributed by atoms with Crippen LogP contribution >= 0.6 is 11.6 Å². The topological polar surface area (TPSA) is 107 Å². The van der Waals surface area contributed by atoms with Crippen LogP contribution in [0.4, 0.5) is 16.2 Å². The fraction of sp³-hybridized carbons (Fsp3) is 0.111. The van der Waals surface area contributed by atoms with Crippen LogP contribution in [0.5, 0.6) is 5.75 Å². The molecule has 0 fully saturated rings. The van der Waals surface area contributed by atoms with Crippen molar-refractivity contribution in [2.45, 2.75) is 13.5 Å². The summed E-state index contributed by atoms with van der Waals surface area (Å²) in [6, 6.07) is 20.0. The Bertz CT molecular complexity index is 1530. The summed E-state index contributed by atoms with van der Waals surface area (Å²) < 4.78 is 12.6. The lowest BCUT2D eigenvalue weighted by molar-refractivity contribution is 0.262. The van der Waals surface area contributed by atoms with Crippen LogP contribution in [0.1, 0.15) is 11.1 Å². The summed E-state index contributed by atoms with van der Waals surface area (Å²) in [5, 5.41) is 10.3. The maximum Gasteiger partial charge on any atom is 0.323 e. The quantitative estimate of drug-likeness (QED) is 0.265. The Morgan fingerprint density at radius 2 is 1.84 bits per heavy atom. The second kappa shape index (κ2) is 10.5. The van der Waals surface area contributed by atoms with Crippen LogP contribution in [0.3, 0.4) is 0 Å². The van der Waals surface area contributed by atoms with Crippen molar-refractivity contribution in [3.63, 3.8) is 0 Å². The van der Waals surface area contributed by atoms with Gasteiger partial charge in [-0.3, -0.25) is 0 Å². The number of benzene rings is 3. The zero-order chi connectivity index (χ0) is 25.8. The number of rotatable bonds is 7. The molecule has 10 heteroatoms. The average molecular weight is 515 g/mol. The molecule has 2 heterocycles. The molecule has 9 nitrogen and oxygen atoms in total. The Kier molecular flexibility index (Phi) is 6.87. The Morgan fingerprint density at radius 1 is 1.05 bits per heavy atom. The van der Waals surface area contributed by atoms with Crippen molar-refractivity contribution in [3.05, 3.63) is 95.4 Å². The first kappa shape index (κ1) is 24.1. The first-order chi connectivity index (χ1) is 18.0. The minimum absolute atomic E-state index is 0.333. The van der Waals surface area contributed by atoms with E-state index in [4.69, 9.17) is 20.9 Å². The van der Waals surface area contributed by atoms with Crippen molar-refractivity contribution in [1.82, 2.24) is 19.7 Å². The van der Waals surface area contributed by atoms with Gasteiger partial charge in [-0.1, -0.05) is 35.0 Å². The van der Waals surface area contributed by atoms with E-state index < -0.39 is 0 Å². The molecule has 0 atom stereocenters. The fourth-order valence-electron chi connectivity index (χ4n) is 3.71. The number of nitrogens with zero attached hydrogens (tertiary/aromatic N) is 4. The van der Waals surface area contributed by atoms with Crippen molar-refractivity contribution in [1.29, 1.82) is 0 Å². The summed E-state index contributed by atoms with van der Waals surface area (Å²) in [5.74, 6) is 1.39. The van der Waals surface area contributed by atoms with E-state index in [1.54, 1.807) is 25.6 Å². The summed E-state index contributed by atoms with van der Waals surface area (Å²) in [7, 11) is 1.57. The van der Waals surface area contributed by atoms with Gasteiger partial charge in [0.05, 0.1) is 19.1 Å². The zero-order valence-corrected chi connectivity index (χ0v) is 20.9. The maximum atomic E-state index is 12.5. The van der Waals surface area contributed by atoms with Gasteiger partial charge in [0.2, 0.25) is 5.82 Å². The molecule has 5 rings (SSSR count). The van der Waals surface area contributed by atoms with E-state index in [9.17, 15) is 4.79 Å². The van der Waals surface area contributed by atoms with E-state index in [0.717, 1.165) is 16.7 Å². The van der Waals surface area contributed by atoms with Crippen LogP contribution in [0.2, 0.25) is 5.02 Å². The molecule has 0 spiro atoms. The Balaban J connectivity index is 1.20. The number of carbonyl (C=O) groups excluding carboxylic acids is 1. The maximum absolute atomic E-state index is 12.5. The number of anilines is 2. The van der Waals surface area contributed by atoms with Crippen LogP contribution in [-0.4, -0.2) is 32.8 Å². The lowest BCUT2D eigenvalue weighted by Gasteiger charge is -2.12. The third-order valence-electron chi connectivity index (χ3n) is 5.56. The zero-order valence-electron chi connectivity index (χ0n) is 20.1. The number of urea groups is 1. The Hall–Kier alpha value is -4.63. The van der Waals surface area contributed by atoms with Gasteiger partial charge in [-0.15, -0.1) is 0 Å². The molecule has 2 aromatic heterocycles. The summed E-state index contributed by atoms with van der Waals surface area (Å²) in [5.41, 5.74) is 4.70. The molecule has 0 aliphatic rings. The second-order valence-corrected chi connectivity index (χ2v) is 8.78. The molecule has 0 aliphatic carbocycles. The van der Waals surface area contributed by atoms with Gasteiger partial charge < -0.3 is 24.5 Å². The van der Waals surface area contributed by atoms with Crippen LogP contribution in [0.15, 0.2) is 83.8 Å². The van der Waals surface area contributed by atoms with Gasteiger partial charge in [0.1, 0.15) is 11.4 Å². The molecule has 2 amide bonds. The minimum atomic E-state index is -0.353. The number of aromatic nitrogens is 4. The molecule has 0 aliphatic heterocycles. The second-order valence-electron chi connectivity index (χ2n) is 8.34. The molecule has 0 radical (unpaired) electrons. The van der Waals surface area contributed by atoms with Gasteiger partial charge in [-0.25, -0.2) is 9.78 Å². The predicted molar refractivity (Wildman–Crippen MR) is 142 cm³/mol. The third-order valence-corrected chi connectivity index (χ3v) is 5.81. The summed E-state index contributed by atoms with van der Waals surface area (Å²) in [4.78, 5) is 21.3. The van der Waals surface area contributed by atoms with Gasteiger partial charge in [0.25, 0.3) is 5.89 Å². The highest BCUT2D eigenvalue weighted by atomic mass is 35.5.